The van der Waals surface area contributed by atoms with Gasteiger partial charge in [0.25, 0.3) is 0 Å². The zero-order chi connectivity index (χ0) is 17.6. The fourth-order valence-electron chi connectivity index (χ4n) is 3.42. The quantitative estimate of drug-likeness (QED) is 0.656. The lowest BCUT2D eigenvalue weighted by Gasteiger charge is -2.24. The Kier molecular flexibility index (Phi) is 5.21. The molecule has 1 aliphatic rings. The molecule has 3 aromatic rings. The van der Waals surface area contributed by atoms with Crippen LogP contribution in [0.5, 0.6) is 5.75 Å². The molecule has 0 unspecified atom stereocenters. The van der Waals surface area contributed by atoms with E-state index in [-0.39, 0.29) is 0 Å². The largest absolute Gasteiger partial charge is 0.487 e. The maximum atomic E-state index is 5.81. The highest BCUT2D eigenvalue weighted by Gasteiger charge is 2.24. The molecule has 0 bridgehead atoms. The van der Waals surface area contributed by atoms with Crippen LogP contribution in [-0.4, -0.2) is 37.2 Å². The van der Waals surface area contributed by atoms with Gasteiger partial charge in [0.15, 0.2) is 0 Å². The maximum Gasteiger partial charge on any atom is 0.137 e. The minimum absolute atomic E-state index is 0.492. The lowest BCUT2D eigenvalue weighted by atomic mass is 10.1. The van der Waals surface area contributed by atoms with Gasteiger partial charge in [-0.05, 0) is 49.2 Å². The van der Waals surface area contributed by atoms with Crippen LogP contribution in [0.2, 0.25) is 0 Å². The van der Waals surface area contributed by atoms with Gasteiger partial charge in [-0.2, -0.15) is 5.10 Å². The molecule has 1 fully saturated rings. The number of likely N-dealkylation sites (tertiary alicyclic amines) is 1. The van der Waals surface area contributed by atoms with E-state index < -0.39 is 0 Å². The fraction of sp³-hybridized carbons (Fsp3) is 0.350. The zero-order valence-corrected chi connectivity index (χ0v) is 14.7. The molecule has 0 N–H and O–H groups in total. The number of nitrogens with zero attached hydrogens (tertiary/aromatic N) is 5. The van der Waals surface area contributed by atoms with Crippen LogP contribution in [0.25, 0.3) is 0 Å². The normalized spacial score (nSPS) is 17.5. The Balaban J connectivity index is 1.32. The molecule has 1 atom stereocenters. The molecule has 0 saturated carbocycles. The topological polar surface area (TPSA) is 56.1 Å². The molecule has 26 heavy (non-hydrogen) atoms. The number of hydrogen-bond donors (Lipinski definition) is 0. The van der Waals surface area contributed by atoms with Crippen molar-refractivity contribution in [1.82, 2.24) is 24.6 Å². The highest BCUT2D eigenvalue weighted by molar-refractivity contribution is 5.27. The molecular weight excluding hydrogens is 326 g/mol. The summed E-state index contributed by atoms with van der Waals surface area (Å²) in [5.74, 6) is 0.875. The van der Waals surface area contributed by atoms with Gasteiger partial charge in [0, 0.05) is 18.8 Å². The second-order valence-corrected chi connectivity index (χ2v) is 6.64. The summed E-state index contributed by atoms with van der Waals surface area (Å²) in [5.41, 5.74) is 2.24. The van der Waals surface area contributed by atoms with Gasteiger partial charge in [-0.25, -0.2) is 4.98 Å². The van der Waals surface area contributed by atoms with Crippen molar-refractivity contribution >= 4 is 0 Å². The third-order valence-corrected chi connectivity index (χ3v) is 4.79. The van der Waals surface area contributed by atoms with Crippen LogP contribution in [0.3, 0.4) is 0 Å². The van der Waals surface area contributed by atoms with Gasteiger partial charge in [0.2, 0.25) is 0 Å². The van der Waals surface area contributed by atoms with Crippen LogP contribution in [0, 0.1) is 0 Å². The van der Waals surface area contributed by atoms with E-state index in [2.05, 4.69) is 32.1 Å². The monoisotopic (exact) mass is 349 g/mol. The molecular formula is C20H23N5O. The molecule has 0 radical (unpaired) electrons. The SMILES string of the molecule is c1ccc(COc2ccc(CN3CCC[C@@H]3Cn3cncn3)cc2)nc1. The average molecular weight is 349 g/mol. The molecule has 0 amide bonds. The number of hydrogen-bond acceptors (Lipinski definition) is 5. The Morgan fingerprint density at radius 1 is 1.12 bits per heavy atom. The van der Waals surface area contributed by atoms with Gasteiger partial charge in [0.1, 0.15) is 25.0 Å². The van der Waals surface area contributed by atoms with E-state index in [4.69, 9.17) is 4.74 Å². The summed E-state index contributed by atoms with van der Waals surface area (Å²) < 4.78 is 7.74. The van der Waals surface area contributed by atoms with Crippen molar-refractivity contribution in [3.8, 4) is 5.75 Å². The van der Waals surface area contributed by atoms with Crippen molar-refractivity contribution in [2.45, 2.75) is 38.6 Å². The van der Waals surface area contributed by atoms with Gasteiger partial charge in [-0.15, -0.1) is 0 Å². The Hall–Kier alpha value is -2.73. The second kappa shape index (κ2) is 8.10. The predicted molar refractivity (Wildman–Crippen MR) is 98.5 cm³/mol. The third-order valence-electron chi connectivity index (χ3n) is 4.79. The van der Waals surface area contributed by atoms with Gasteiger partial charge in [-0.1, -0.05) is 18.2 Å². The van der Waals surface area contributed by atoms with E-state index in [0.717, 1.165) is 31.1 Å². The number of pyridine rings is 1. The van der Waals surface area contributed by atoms with Crippen LogP contribution < -0.4 is 4.74 Å². The van der Waals surface area contributed by atoms with Crippen LogP contribution in [-0.2, 0) is 19.7 Å². The summed E-state index contributed by atoms with van der Waals surface area (Å²) >= 11 is 0. The minimum Gasteiger partial charge on any atom is -0.487 e. The zero-order valence-electron chi connectivity index (χ0n) is 14.7. The number of aromatic nitrogens is 4. The smallest absolute Gasteiger partial charge is 0.137 e. The Bertz CT molecular complexity index is 789. The first-order chi connectivity index (χ1) is 12.9. The van der Waals surface area contributed by atoms with Crippen molar-refractivity contribution in [2.24, 2.45) is 0 Å². The van der Waals surface area contributed by atoms with Gasteiger partial charge < -0.3 is 4.74 Å². The summed E-state index contributed by atoms with van der Waals surface area (Å²) in [6.07, 6.45) is 7.64. The van der Waals surface area contributed by atoms with Crippen molar-refractivity contribution in [3.63, 3.8) is 0 Å². The molecule has 4 rings (SSSR count). The summed E-state index contributed by atoms with van der Waals surface area (Å²) in [5, 5.41) is 4.24. The lowest BCUT2D eigenvalue weighted by Crippen LogP contribution is -2.32. The summed E-state index contributed by atoms with van der Waals surface area (Å²) in [4.78, 5) is 10.8. The van der Waals surface area contributed by atoms with Gasteiger partial charge in [0.05, 0.1) is 12.2 Å². The van der Waals surface area contributed by atoms with Crippen molar-refractivity contribution in [2.75, 3.05) is 6.54 Å². The maximum absolute atomic E-state index is 5.81. The average Bonchev–Trinajstić information content (AvgIpc) is 3.35. The van der Waals surface area contributed by atoms with Crippen molar-refractivity contribution in [1.29, 1.82) is 0 Å². The molecule has 0 spiro atoms. The minimum atomic E-state index is 0.492. The number of rotatable bonds is 7. The molecule has 134 valence electrons. The molecule has 1 saturated heterocycles. The fourth-order valence-corrected chi connectivity index (χ4v) is 3.42. The van der Waals surface area contributed by atoms with E-state index in [1.165, 1.54) is 18.4 Å². The van der Waals surface area contributed by atoms with Crippen molar-refractivity contribution in [3.05, 3.63) is 72.6 Å². The Morgan fingerprint density at radius 2 is 2.04 bits per heavy atom. The lowest BCUT2D eigenvalue weighted by molar-refractivity contribution is 0.219. The molecule has 6 heteroatoms. The van der Waals surface area contributed by atoms with Gasteiger partial charge in [-0.3, -0.25) is 14.6 Å². The Labute approximate surface area is 153 Å². The highest BCUT2D eigenvalue weighted by atomic mass is 16.5. The van der Waals surface area contributed by atoms with E-state index in [1.54, 1.807) is 18.9 Å². The summed E-state index contributed by atoms with van der Waals surface area (Å²) in [7, 11) is 0. The molecule has 0 aliphatic carbocycles. The summed E-state index contributed by atoms with van der Waals surface area (Å²) in [6.45, 7) is 3.49. The highest BCUT2D eigenvalue weighted by Crippen LogP contribution is 2.22. The molecule has 3 heterocycles. The first-order valence-electron chi connectivity index (χ1n) is 9.05. The predicted octanol–water partition coefficient (Wildman–Crippen LogP) is 2.92. The Morgan fingerprint density at radius 3 is 2.81 bits per heavy atom. The van der Waals surface area contributed by atoms with E-state index >= 15 is 0 Å². The first-order valence-corrected chi connectivity index (χ1v) is 9.05. The third kappa shape index (κ3) is 4.26. The van der Waals surface area contributed by atoms with Gasteiger partial charge >= 0.3 is 0 Å². The van der Waals surface area contributed by atoms with Crippen LogP contribution in [0.15, 0.2) is 61.3 Å². The molecule has 1 aromatic carbocycles. The van der Waals surface area contributed by atoms with E-state index in [9.17, 15) is 0 Å². The number of benzene rings is 1. The van der Waals surface area contributed by atoms with Crippen molar-refractivity contribution < 1.29 is 4.74 Å². The van der Waals surface area contributed by atoms with Crippen LogP contribution >= 0.6 is 0 Å². The van der Waals surface area contributed by atoms with E-state index in [1.807, 2.05) is 35.0 Å². The molecule has 1 aliphatic heterocycles. The second-order valence-electron chi connectivity index (χ2n) is 6.64. The van der Waals surface area contributed by atoms with Crippen LogP contribution in [0.1, 0.15) is 24.1 Å². The van der Waals surface area contributed by atoms with Crippen LogP contribution in [0.4, 0.5) is 0 Å². The molecule has 2 aromatic heterocycles. The summed E-state index contributed by atoms with van der Waals surface area (Å²) in [6, 6.07) is 14.8. The molecule has 6 nitrogen and oxygen atoms in total. The first kappa shape index (κ1) is 16.7. The standard InChI is InChI=1S/C20H23N5O/c1-2-10-22-18(4-1)14-26-20-8-6-17(7-9-20)12-24-11-3-5-19(24)13-25-16-21-15-23-25/h1-2,4,6-10,15-16,19H,3,5,11-14H2/t19-/m1/s1. The number of ether oxygens (including phenoxy) is 1. The van der Waals surface area contributed by atoms with E-state index in [0.29, 0.717) is 12.6 Å².